The van der Waals surface area contributed by atoms with E-state index in [0.29, 0.717) is 91.3 Å². The van der Waals surface area contributed by atoms with Crippen LogP contribution >= 0.6 is 45.9 Å². The van der Waals surface area contributed by atoms with Gasteiger partial charge in [0.15, 0.2) is 17.4 Å². The van der Waals surface area contributed by atoms with E-state index in [1.165, 1.54) is 36.9 Å². The number of aryl methyl sites for hydroxylation is 2. The smallest absolute Gasteiger partial charge is 0.308 e. The summed E-state index contributed by atoms with van der Waals surface area (Å²) < 4.78 is 25.3. The quantitative estimate of drug-likeness (QED) is 0.0497. The number of carbonyl (C=O) groups excluding carboxylic acids is 4. The number of esters is 2. The Hall–Kier alpha value is -5.96. The highest BCUT2D eigenvalue weighted by Gasteiger charge is 2.36. The van der Waals surface area contributed by atoms with E-state index in [0.717, 1.165) is 32.8 Å². The van der Waals surface area contributed by atoms with Crippen LogP contribution in [0, 0.1) is 27.7 Å². The summed E-state index contributed by atoms with van der Waals surface area (Å²) >= 11 is 15.1. The largest absolute Gasteiger partial charge is 0.469 e. The number of aliphatic imine (C=N–C) groups is 2. The number of nitrogens with zero attached hydrogens (tertiary/aromatic N) is 8. The second-order valence-corrected chi connectivity index (χ2v) is 18.8. The highest BCUT2D eigenvalue weighted by atomic mass is 35.5. The fourth-order valence-electron chi connectivity index (χ4n) is 8.10. The normalized spacial score (nSPS) is 14.9. The summed E-state index contributed by atoms with van der Waals surface area (Å²) in [5, 5.41) is 23.0. The van der Waals surface area contributed by atoms with Crippen LogP contribution in [0.4, 0.5) is 0 Å². The van der Waals surface area contributed by atoms with Crippen molar-refractivity contribution in [2.24, 2.45) is 9.98 Å². The molecule has 4 aromatic heterocycles. The van der Waals surface area contributed by atoms with Crippen LogP contribution in [-0.4, -0.2) is 112 Å². The van der Waals surface area contributed by atoms with Crippen molar-refractivity contribution in [3.8, 4) is 10.0 Å². The summed E-state index contributed by atoms with van der Waals surface area (Å²) in [5.74, 6) is 0.957. The number of Topliss-reactive ketones (excluding diaryl/α,β-unsaturated/α-hetero) is 1. The van der Waals surface area contributed by atoms with Crippen molar-refractivity contribution in [3.05, 3.63) is 125 Å². The molecule has 1 N–H and O–H groups in total. The minimum atomic E-state index is -0.682. The van der Waals surface area contributed by atoms with E-state index < -0.39 is 24.0 Å². The zero-order valence-corrected chi connectivity index (χ0v) is 41.2. The minimum absolute atomic E-state index is 0.0316. The van der Waals surface area contributed by atoms with Crippen LogP contribution in [-0.2, 0) is 28.5 Å². The van der Waals surface area contributed by atoms with Crippen LogP contribution in [0.25, 0.3) is 10.0 Å². The first-order valence-corrected chi connectivity index (χ1v) is 24.1. The number of halogens is 2. The maximum absolute atomic E-state index is 13.8. The van der Waals surface area contributed by atoms with Gasteiger partial charge in [0.2, 0.25) is 0 Å². The molecule has 21 heteroatoms. The predicted molar refractivity (Wildman–Crippen MR) is 258 cm³/mol. The predicted octanol–water partition coefficient (Wildman–Crippen LogP) is 7.85. The lowest BCUT2D eigenvalue weighted by atomic mass is 9.98. The van der Waals surface area contributed by atoms with Gasteiger partial charge in [-0.1, -0.05) is 47.5 Å². The number of methoxy groups -OCH3 is 2. The highest BCUT2D eigenvalue weighted by molar-refractivity contribution is 7.17. The van der Waals surface area contributed by atoms with Crippen molar-refractivity contribution < 1.29 is 38.1 Å². The average Bonchev–Trinajstić information content (AvgIpc) is 4.05. The Morgan fingerprint density at radius 2 is 1.09 bits per heavy atom. The Morgan fingerprint density at radius 1 is 0.632 bits per heavy atom. The van der Waals surface area contributed by atoms with Crippen LogP contribution in [0.2, 0.25) is 10.0 Å². The van der Waals surface area contributed by atoms with Crippen molar-refractivity contribution in [1.29, 1.82) is 0 Å². The molecule has 2 aliphatic rings. The van der Waals surface area contributed by atoms with Gasteiger partial charge in [-0.2, -0.15) is 0 Å². The number of ketones is 1. The molecule has 2 atom stereocenters. The first-order valence-electron chi connectivity index (χ1n) is 21.7. The van der Waals surface area contributed by atoms with Gasteiger partial charge in [0.05, 0.1) is 68.1 Å². The molecule has 0 bridgehead atoms. The number of fused-ring (bicyclic) bond motifs is 6. The van der Waals surface area contributed by atoms with Crippen molar-refractivity contribution in [2.75, 3.05) is 47.2 Å². The van der Waals surface area contributed by atoms with Crippen LogP contribution in [0.15, 0.2) is 58.5 Å². The molecule has 0 fully saturated rings. The summed E-state index contributed by atoms with van der Waals surface area (Å²) in [5.41, 5.74) is 5.75. The van der Waals surface area contributed by atoms with E-state index in [1.54, 1.807) is 24.3 Å². The van der Waals surface area contributed by atoms with Crippen LogP contribution in [0.5, 0.6) is 0 Å². The Labute approximate surface area is 409 Å². The Kier molecular flexibility index (Phi) is 15.1. The Bertz CT molecular complexity index is 2760. The third-order valence-corrected chi connectivity index (χ3v) is 14.6. The summed E-state index contributed by atoms with van der Waals surface area (Å²) in [4.78, 5) is 63.7. The highest BCUT2D eigenvalue weighted by Crippen LogP contribution is 2.42. The summed E-state index contributed by atoms with van der Waals surface area (Å²) in [6.07, 6.45) is 0.661. The zero-order valence-electron chi connectivity index (χ0n) is 38.1. The molecule has 2 aromatic carbocycles. The molecule has 1 amide bonds. The monoisotopic (exact) mass is 999 g/mol. The first-order chi connectivity index (χ1) is 32.8. The molecule has 0 aliphatic carbocycles. The van der Waals surface area contributed by atoms with Crippen molar-refractivity contribution in [1.82, 2.24) is 34.8 Å². The van der Waals surface area contributed by atoms with Crippen LogP contribution in [0.3, 0.4) is 0 Å². The maximum atomic E-state index is 13.8. The number of ether oxygens (including phenoxy) is 4. The van der Waals surface area contributed by atoms with E-state index in [9.17, 15) is 19.2 Å². The summed E-state index contributed by atoms with van der Waals surface area (Å²) in [7, 11) is 2.66. The number of nitrogens with one attached hydrogen (secondary N) is 1. The number of thiophene rings is 2. The number of hydrogen-bond donors (Lipinski definition) is 1. The topological polar surface area (TPSA) is 203 Å². The summed E-state index contributed by atoms with van der Waals surface area (Å²) in [6, 6.07) is 13.2. The molecule has 0 saturated carbocycles. The SMILES string of the molecule is COC(=O)C[C@@H]1N=C(c2ccc(Cl)cc2)c2c(sc(C(=O)CCCOCCOCCNC(=O)c3sc4c(c3C)C(c3ccc(Cl)cc3)=N[C@@H](CC(=O)OC)c3nnc(C)n3-4)c2C)-n2c(C)nnc21. The number of rotatable bonds is 18. The second-order valence-electron chi connectivity index (χ2n) is 15.9. The van der Waals surface area contributed by atoms with E-state index in [4.69, 9.17) is 52.1 Å². The van der Waals surface area contributed by atoms with Crippen molar-refractivity contribution in [3.63, 3.8) is 0 Å². The van der Waals surface area contributed by atoms with Gasteiger partial charge in [-0.3, -0.25) is 38.3 Å². The standard InChI is InChI=1S/C47H47Cl2N9O8S2/c1-24-37-39(28-9-13-30(48)14-10-28)51-32(22-35(60)63-5)43-55-53-26(3)57(43)46(37)67-41(24)34(59)8-7-18-65-20-21-66-19-17-50-45(62)42-25(2)38-40(29-11-15-31(49)16-12-29)52-33(23-36(61)64-6)44-56-54-27(4)58(44)47(38)68-42/h9-16,32-33H,7-8,17-23H2,1-6H3,(H,50,62)/t32-,33-/m0/s1. The fourth-order valence-corrected chi connectivity index (χ4v) is 11.0. The fraction of sp³-hybridized carbons (Fsp3) is 0.362. The lowest BCUT2D eigenvalue weighted by Crippen LogP contribution is -2.27. The van der Waals surface area contributed by atoms with Crippen LogP contribution < -0.4 is 5.32 Å². The van der Waals surface area contributed by atoms with Crippen LogP contribution in [0.1, 0.15) is 114 Å². The van der Waals surface area contributed by atoms with Crippen molar-refractivity contribution >= 4 is 80.9 Å². The molecule has 2 aliphatic heterocycles. The second kappa shape index (κ2) is 21.1. The molecule has 6 heterocycles. The van der Waals surface area contributed by atoms with Gasteiger partial charge in [0.25, 0.3) is 5.91 Å². The molecule has 8 rings (SSSR count). The van der Waals surface area contributed by atoms with Crippen molar-refractivity contribution in [2.45, 2.75) is 65.5 Å². The molecular weight excluding hydrogens is 954 g/mol. The molecular formula is C47H47Cl2N9O8S2. The van der Waals surface area contributed by atoms with Gasteiger partial charge in [0, 0.05) is 51.9 Å². The third kappa shape index (κ3) is 9.95. The molecule has 0 unspecified atom stereocenters. The molecule has 68 heavy (non-hydrogen) atoms. The molecule has 0 spiro atoms. The lowest BCUT2D eigenvalue weighted by Gasteiger charge is -2.12. The van der Waals surface area contributed by atoms with E-state index >= 15 is 0 Å². The van der Waals surface area contributed by atoms with E-state index in [-0.39, 0.29) is 44.1 Å². The molecule has 0 radical (unpaired) electrons. The van der Waals surface area contributed by atoms with Gasteiger partial charge in [-0.15, -0.1) is 43.1 Å². The van der Waals surface area contributed by atoms with Gasteiger partial charge in [-0.25, -0.2) is 0 Å². The number of amides is 1. The lowest BCUT2D eigenvalue weighted by molar-refractivity contribution is -0.142. The van der Waals surface area contributed by atoms with Gasteiger partial charge in [0.1, 0.15) is 33.7 Å². The Morgan fingerprint density at radius 3 is 1.57 bits per heavy atom. The summed E-state index contributed by atoms with van der Waals surface area (Å²) in [6.45, 7) is 8.87. The van der Waals surface area contributed by atoms with Gasteiger partial charge < -0.3 is 24.3 Å². The molecule has 354 valence electrons. The van der Waals surface area contributed by atoms with Gasteiger partial charge in [-0.05, 0) is 69.5 Å². The number of aromatic nitrogens is 6. The first kappa shape index (κ1) is 48.5. The molecule has 0 saturated heterocycles. The zero-order chi connectivity index (χ0) is 48.2. The number of hydrogen-bond acceptors (Lipinski definition) is 16. The van der Waals surface area contributed by atoms with Gasteiger partial charge >= 0.3 is 11.9 Å². The third-order valence-electron chi connectivity index (χ3n) is 11.5. The number of carbonyl (C=O) groups is 4. The number of benzene rings is 2. The molecule has 6 aromatic rings. The maximum Gasteiger partial charge on any atom is 0.308 e. The molecule has 17 nitrogen and oxygen atoms in total. The van der Waals surface area contributed by atoms with E-state index in [2.05, 4.69) is 25.7 Å². The van der Waals surface area contributed by atoms with E-state index in [1.807, 2.05) is 61.1 Å². The minimum Gasteiger partial charge on any atom is -0.469 e. The average molecular weight is 1000 g/mol. The Balaban J connectivity index is 0.857.